The fourth-order valence-corrected chi connectivity index (χ4v) is 1.75. The van der Waals surface area contributed by atoms with E-state index in [0.29, 0.717) is 17.9 Å². The number of ether oxygens (including phenoxy) is 2. The number of methoxy groups -OCH3 is 1. The van der Waals surface area contributed by atoms with Gasteiger partial charge in [0.25, 0.3) is 0 Å². The molecule has 0 heterocycles. The Balaban J connectivity index is 2.04. The smallest absolute Gasteiger partial charge is 0.337 e. The average Bonchev–Trinajstić information content (AvgIpc) is 2.48. The molecular formula is C16H15FO3. The van der Waals surface area contributed by atoms with Gasteiger partial charge >= 0.3 is 5.97 Å². The number of rotatable bonds is 4. The lowest BCUT2D eigenvalue weighted by molar-refractivity contribution is 0.0600. The topological polar surface area (TPSA) is 35.5 Å². The van der Waals surface area contributed by atoms with Gasteiger partial charge in [-0.3, -0.25) is 0 Å². The van der Waals surface area contributed by atoms with Crippen LogP contribution in [0.5, 0.6) is 5.75 Å². The number of hydrogen-bond donors (Lipinski definition) is 0. The van der Waals surface area contributed by atoms with Gasteiger partial charge in [-0.2, -0.15) is 0 Å². The fourth-order valence-electron chi connectivity index (χ4n) is 1.75. The second-order valence-corrected chi connectivity index (χ2v) is 4.39. The van der Waals surface area contributed by atoms with Gasteiger partial charge in [-0.25, -0.2) is 9.18 Å². The van der Waals surface area contributed by atoms with Crippen molar-refractivity contribution in [2.75, 3.05) is 7.11 Å². The van der Waals surface area contributed by atoms with E-state index >= 15 is 0 Å². The van der Waals surface area contributed by atoms with Gasteiger partial charge in [-0.05, 0) is 36.2 Å². The van der Waals surface area contributed by atoms with Gasteiger partial charge in [0.05, 0.1) is 12.7 Å². The molecule has 104 valence electrons. The van der Waals surface area contributed by atoms with E-state index in [1.54, 1.807) is 30.3 Å². The van der Waals surface area contributed by atoms with Crippen LogP contribution in [0.3, 0.4) is 0 Å². The molecule has 0 amide bonds. The minimum Gasteiger partial charge on any atom is -0.489 e. The molecule has 0 fully saturated rings. The molecule has 2 aromatic rings. The molecule has 2 aromatic carbocycles. The van der Waals surface area contributed by atoms with Crippen LogP contribution >= 0.6 is 0 Å². The summed E-state index contributed by atoms with van der Waals surface area (Å²) in [6, 6.07) is 11.3. The molecule has 0 atom stereocenters. The first-order valence-electron chi connectivity index (χ1n) is 6.16. The Hall–Kier alpha value is -2.36. The molecule has 0 N–H and O–H groups in total. The van der Waals surface area contributed by atoms with E-state index in [4.69, 9.17) is 4.74 Å². The van der Waals surface area contributed by atoms with Crippen molar-refractivity contribution in [2.24, 2.45) is 0 Å². The Bertz CT molecular complexity index is 606. The molecule has 0 aliphatic heterocycles. The summed E-state index contributed by atoms with van der Waals surface area (Å²) < 4.78 is 23.3. The van der Waals surface area contributed by atoms with Crippen molar-refractivity contribution in [3.05, 3.63) is 65.0 Å². The van der Waals surface area contributed by atoms with Crippen LogP contribution in [0.15, 0.2) is 42.5 Å². The molecule has 0 aromatic heterocycles. The maximum Gasteiger partial charge on any atom is 0.337 e. The van der Waals surface area contributed by atoms with Crippen LogP contribution in [0.1, 0.15) is 21.5 Å². The van der Waals surface area contributed by atoms with E-state index in [9.17, 15) is 9.18 Å². The van der Waals surface area contributed by atoms with Gasteiger partial charge < -0.3 is 9.47 Å². The van der Waals surface area contributed by atoms with E-state index < -0.39 is 0 Å². The number of carbonyl (C=O) groups is 1. The Morgan fingerprint density at radius 2 is 1.85 bits per heavy atom. The number of aryl methyl sites for hydroxylation is 1. The Labute approximate surface area is 117 Å². The molecule has 20 heavy (non-hydrogen) atoms. The highest BCUT2D eigenvalue weighted by Crippen LogP contribution is 2.20. The first-order valence-corrected chi connectivity index (χ1v) is 6.16. The third kappa shape index (κ3) is 3.35. The van der Waals surface area contributed by atoms with Crippen molar-refractivity contribution in [3.63, 3.8) is 0 Å². The van der Waals surface area contributed by atoms with Gasteiger partial charge in [0.2, 0.25) is 0 Å². The van der Waals surface area contributed by atoms with Crippen LogP contribution in [0, 0.1) is 12.7 Å². The maximum absolute atomic E-state index is 13.1. The molecule has 0 radical (unpaired) electrons. The third-order valence-corrected chi connectivity index (χ3v) is 2.92. The van der Waals surface area contributed by atoms with Crippen molar-refractivity contribution >= 4 is 5.97 Å². The second kappa shape index (κ2) is 6.19. The summed E-state index contributed by atoms with van der Waals surface area (Å²) in [6.07, 6.45) is 0. The fraction of sp³-hybridized carbons (Fsp3) is 0.188. The normalized spacial score (nSPS) is 10.2. The summed E-state index contributed by atoms with van der Waals surface area (Å²) in [5.41, 5.74) is 2.25. The van der Waals surface area contributed by atoms with E-state index in [1.807, 2.05) is 6.92 Å². The quantitative estimate of drug-likeness (QED) is 0.800. The molecule has 0 unspecified atom stereocenters. The highest BCUT2D eigenvalue weighted by Gasteiger charge is 2.05. The molecule has 0 bridgehead atoms. The van der Waals surface area contributed by atoms with Crippen molar-refractivity contribution in [3.8, 4) is 5.75 Å². The monoisotopic (exact) mass is 274 g/mol. The van der Waals surface area contributed by atoms with Crippen molar-refractivity contribution in [1.29, 1.82) is 0 Å². The summed E-state index contributed by atoms with van der Waals surface area (Å²) in [6.45, 7) is 2.17. The van der Waals surface area contributed by atoms with Crippen LogP contribution < -0.4 is 4.74 Å². The zero-order valence-electron chi connectivity index (χ0n) is 11.4. The highest BCUT2D eigenvalue weighted by atomic mass is 19.1. The van der Waals surface area contributed by atoms with Gasteiger partial charge in [0, 0.05) is 6.07 Å². The van der Waals surface area contributed by atoms with Gasteiger partial charge in [-0.15, -0.1) is 0 Å². The Morgan fingerprint density at radius 1 is 1.15 bits per heavy atom. The summed E-state index contributed by atoms with van der Waals surface area (Å²) in [7, 11) is 1.34. The van der Waals surface area contributed by atoms with Crippen molar-refractivity contribution < 1.29 is 18.7 Å². The predicted octanol–water partition coefficient (Wildman–Crippen LogP) is 3.50. The van der Waals surface area contributed by atoms with Crippen molar-refractivity contribution in [1.82, 2.24) is 0 Å². The number of carbonyl (C=O) groups excluding carboxylic acids is 1. The third-order valence-electron chi connectivity index (χ3n) is 2.92. The van der Waals surface area contributed by atoms with Gasteiger partial charge in [-0.1, -0.05) is 18.2 Å². The van der Waals surface area contributed by atoms with Crippen LogP contribution in [0.25, 0.3) is 0 Å². The van der Waals surface area contributed by atoms with Crippen LogP contribution in [0.2, 0.25) is 0 Å². The standard InChI is InChI=1S/C16H15FO3/c1-11-3-8-14(17)9-15(11)20-10-12-4-6-13(7-5-12)16(18)19-2/h3-9H,10H2,1-2H3. The molecular weight excluding hydrogens is 259 g/mol. The van der Waals surface area contributed by atoms with Crippen molar-refractivity contribution in [2.45, 2.75) is 13.5 Å². The second-order valence-electron chi connectivity index (χ2n) is 4.39. The molecule has 0 saturated carbocycles. The average molecular weight is 274 g/mol. The number of esters is 1. The zero-order valence-corrected chi connectivity index (χ0v) is 11.4. The number of halogens is 1. The molecule has 0 spiro atoms. The van der Waals surface area contributed by atoms with Gasteiger partial charge in [0.1, 0.15) is 18.2 Å². The SMILES string of the molecule is COC(=O)c1ccc(COc2cc(F)ccc2C)cc1. The predicted molar refractivity (Wildman–Crippen MR) is 73.3 cm³/mol. The number of hydrogen-bond acceptors (Lipinski definition) is 3. The minimum absolute atomic E-state index is 0.311. The van der Waals surface area contributed by atoms with Gasteiger partial charge in [0.15, 0.2) is 0 Å². The highest BCUT2D eigenvalue weighted by molar-refractivity contribution is 5.89. The number of benzene rings is 2. The summed E-state index contributed by atoms with van der Waals surface area (Å²) in [5, 5.41) is 0. The van der Waals surface area contributed by atoms with E-state index in [-0.39, 0.29) is 11.8 Å². The molecule has 4 heteroatoms. The zero-order chi connectivity index (χ0) is 14.5. The molecule has 0 aliphatic rings. The lowest BCUT2D eigenvalue weighted by Crippen LogP contribution is -2.02. The maximum atomic E-state index is 13.1. The summed E-state index contributed by atoms with van der Waals surface area (Å²) >= 11 is 0. The van der Waals surface area contributed by atoms with E-state index in [0.717, 1.165) is 11.1 Å². The lowest BCUT2D eigenvalue weighted by atomic mass is 10.1. The first kappa shape index (κ1) is 14.1. The van der Waals surface area contributed by atoms with E-state index in [1.165, 1.54) is 19.2 Å². The largest absolute Gasteiger partial charge is 0.489 e. The van der Waals surface area contributed by atoms with Crippen LogP contribution in [0.4, 0.5) is 4.39 Å². The summed E-state index contributed by atoms with van der Waals surface area (Å²) in [4.78, 5) is 11.3. The molecule has 2 rings (SSSR count). The van der Waals surface area contributed by atoms with Crippen LogP contribution in [-0.2, 0) is 11.3 Å². The lowest BCUT2D eigenvalue weighted by Gasteiger charge is -2.09. The minimum atomic E-state index is -0.376. The Kier molecular flexibility index (Phi) is 4.35. The van der Waals surface area contributed by atoms with Crippen LogP contribution in [-0.4, -0.2) is 13.1 Å². The van der Waals surface area contributed by atoms with E-state index in [2.05, 4.69) is 4.74 Å². The molecule has 0 saturated heterocycles. The Morgan fingerprint density at radius 3 is 2.50 bits per heavy atom. The summed E-state index contributed by atoms with van der Waals surface area (Å²) in [5.74, 6) is -0.188. The first-order chi connectivity index (χ1) is 9.60. The molecule has 3 nitrogen and oxygen atoms in total. The molecule has 0 aliphatic carbocycles.